The zero-order valence-corrected chi connectivity index (χ0v) is 14.8. The van der Waals surface area contributed by atoms with E-state index in [1.165, 1.54) is 16.4 Å². The maximum absolute atomic E-state index is 12.9. The zero-order chi connectivity index (χ0) is 17.9. The van der Waals surface area contributed by atoms with Crippen molar-refractivity contribution in [1.82, 2.24) is 14.9 Å². The molecule has 0 bridgehead atoms. The molecule has 0 radical (unpaired) electrons. The fraction of sp³-hybridized carbons (Fsp3) is 0.529. The van der Waals surface area contributed by atoms with E-state index >= 15 is 0 Å². The lowest BCUT2D eigenvalue weighted by atomic mass is 10.0. The van der Waals surface area contributed by atoms with Gasteiger partial charge in [0.05, 0.1) is 11.4 Å². The highest BCUT2D eigenvalue weighted by Crippen LogP contribution is 2.25. The molecular formula is C17H23N3O4S. The van der Waals surface area contributed by atoms with E-state index in [1.807, 2.05) is 0 Å². The van der Waals surface area contributed by atoms with Crippen LogP contribution in [0.3, 0.4) is 0 Å². The molecule has 2 amide bonds. The average Bonchev–Trinajstić information content (AvgIpc) is 3.44. The highest BCUT2D eigenvalue weighted by atomic mass is 32.2. The molecule has 0 aromatic heterocycles. The van der Waals surface area contributed by atoms with Crippen LogP contribution in [-0.2, 0) is 19.6 Å². The van der Waals surface area contributed by atoms with Crippen molar-refractivity contribution in [1.29, 1.82) is 0 Å². The number of carbonyl (C=O) groups is 2. The molecule has 25 heavy (non-hydrogen) atoms. The maximum atomic E-state index is 12.9. The van der Waals surface area contributed by atoms with E-state index in [0.29, 0.717) is 13.0 Å². The number of sulfonamides is 1. The van der Waals surface area contributed by atoms with Gasteiger partial charge >= 0.3 is 0 Å². The molecule has 1 aliphatic carbocycles. The fourth-order valence-corrected chi connectivity index (χ4v) is 4.65. The van der Waals surface area contributed by atoms with Crippen LogP contribution in [0.2, 0.25) is 0 Å². The smallest absolute Gasteiger partial charge is 0.243 e. The molecule has 8 heteroatoms. The van der Waals surface area contributed by atoms with Crippen LogP contribution >= 0.6 is 0 Å². The normalized spacial score (nSPS) is 21.5. The number of hydrogen-bond donors (Lipinski definition) is 2. The van der Waals surface area contributed by atoms with E-state index in [9.17, 15) is 18.0 Å². The predicted octanol–water partition coefficient (Wildman–Crippen LogP) is 0.625. The quantitative estimate of drug-likeness (QED) is 0.773. The van der Waals surface area contributed by atoms with Gasteiger partial charge in [0.1, 0.15) is 6.04 Å². The molecule has 2 fully saturated rings. The Balaban J connectivity index is 1.67. The number of amides is 2. The van der Waals surface area contributed by atoms with E-state index in [-0.39, 0.29) is 23.4 Å². The van der Waals surface area contributed by atoms with Gasteiger partial charge < -0.3 is 10.6 Å². The fourth-order valence-electron chi connectivity index (χ4n) is 2.97. The summed E-state index contributed by atoms with van der Waals surface area (Å²) in [5.41, 5.74) is 0. The predicted molar refractivity (Wildman–Crippen MR) is 92.1 cm³/mol. The molecule has 1 saturated carbocycles. The summed E-state index contributed by atoms with van der Waals surface area (Å²) < 4.78 is 27.0. The molecular weight excluding hydrogens is 342 g/mol. The van der Waals surface area contributed by atoms with Crippen LogP contribution in [0.4, 0.5) is 0 Å². The lowest BCUT2D eigenvalue weighted by Crippen LogP contribution is -2.53. The van der Waals surface area contributed by atoms with Gasteiger partial charge in [0.15, 0.2) is 0 Å². The number of carbonyl (C=O) groups excluding carboxylic acids is 2. The Hall–Kier alpha value is -1.93. The first-order valence-corrected chi connectivity index (χ1v) is 10.1. The number of rotatable bonds is 6. The lowest BCUT2D eigenvalue weighted by molar-refractivity contribution is -0.129. The van der Waals surface area contributed by atoms with Gasteiger partial charge in [-0.2, -0.15) is 4.31 Å². The zero-order valence-electron chi connectivity index (χ0n) is 14.0. The van der Waals surface area contributed by atoms with Crippen molar-refractivity contribution in [2.24, 2.45) is 0 Å². The minimum Gasteiger partial charge on any atom is -0.352 e. The standard InChI is InChI=1S/C17H23N3O4S/c21-16(19-13-9-10-13)12-18-17(22)15-8-4-5-11-20(15)25(23,24)14-6-2-1-3-7-14/h1-3,6-7,13,15H,4-5,8-12H2,(H,18,22)(H,19,21). The van der Waals surface area contributed by atoms with Gasteiger partial charge in [-0.3, -0.25) is 9.59 Å². The van der Waals surface area contributed by atoms with Crippen molar-refractivity contribution in [2.45, 2.75) is 49.1 Å². The molecule has 2 aliphatic rings. The molecule has 3 rings (SSSR count). The first kappa shape index (κ1) is 17.9. The molecule has 136 valence electrons. The number of nitrogens with one attached hydrogen (secondary N) is 2. The Morgan fingerprint density at radius 1 is 1.08 bits per heavy atom. The Bertz CT molecular complexity index is 732. The largest absolute Gasteiger partial charge is 0.352 e. The third-order valence-electron chi connectivity index (χ3n) is 4.47. The molecule has 1 unspecified atom stereocenters. The van der Waals surface area contributed by atoms with E-state index in [1.54, 1.807) is 18.2 Å². The average molecular weight is 365 g/mol. The van der Waals surface area contributed by atoms with Crippen LogP contribution in [0, 0.1) is 0 Å². The summed E-state index contributed by atoms with van der Waals surface area (Å²) in [6, 6.07) is 7.59. The highest BCUT2D eigenvalue weighted by molar-refractivity contribution is 7.89. The Morgan fingerprint density at radius 3 is 2.48 bits per heavy atom. The second-order valence-corrected chi connectivity index (χ2v) is 8.39. The first-order valence-electron chi connectivity index (χ1n) is 8.62. The number of piperidine rings is 1. The minimum atomic E-state index is -3.73. The van der Waals surface area contributed by atoms with E-state index in [4.69, 9.17) is 0 Å². The monoisotopic (exact) mass is 365 g/mol. The third-order valence-corrected chi connectivity index (χ3v) is 6.39. The minimum absolute atomic E-state index is 0.120. The van der Waals surface area contributed by atoms with E-state index < -0.39 is 22.0 Å². The number of nitrogens with zero attached hydrogens (tertiary/aromatic N) is 1. The molecule has 1 heterocycles. The van der Waals surface area contributed by atoms with Gasteiger partial charge in [-0.05, 0) is 37.8 Å². The second kappa shape index (κ2) is 7.53. The molecule has 2 N–H and O–H groups in total. The Labute approximate surface area is 147 Å². The van der Waals surface area contributed by atoms with Crippen LogP contribution < -0.4 is 10.6 Å². The number of hydrogen-bond acceptors (Lipinski definition) is 4. The van der Waals surface area contributed by atoms with Gasteiger partial charge in [-0.25, -0.2) is 8.42 Å². The van der Waals surface area contributed by atoms with Crippen molar-refractivity contribution in [3.63, 3.8) is 0 Å². The Morgan fingerprint density at radius 2 is 1.80 bits per heavy atom. The first-order chi connectivity index (χ1) is 12.0. The van der Waals surface area contributed by atoms with Gasteiger partial charge in [0.25, 0.3) is 0 Å². The van der Waals surface area contributed by atoms with Gasteiger partial charge in [0, 0.05) is 12.6 Å². The number of benzene rings is 1. The maximum Gasteiger partial charge on any atom is 0.243 e. The van der Waals surface area contributed by atoms with Crippen LogP contribution in [0.1, 0.15) is 32.1 Å². The third kappa shape index (κ3) is 4.38. The molecule has 1 aromatic rings. The molecule has 1 aromatic carbocycles. The van der Waals surface area contributed by atoms with E-state index in [2.05, 4.69) is 10.6 Å². The summed E-state index contributed by atoms with van der Waals surface area (Å²) >= 11 is 0. The SMILES string of the molecule is O=C(CNC(=O)C1CCCCN1S(=O)(=O)c1ccccc1)NC1CC1. The lowest BCUT2D eigenvalue weighted by Gasteiger charge is -2.33. The van der Waals surface area contributed by atoms with Gasteiger partial charge in [-0.1, -0.05) is 24.6 Å². The summed E-state index contributed by atoms with van der Waals surface area (Å²) in [7, 11) is -3.73. The molecule has 7 nitrogen and oxygen atoms in total. The molecule has 0 spiro atoms. The summed E-state index contributed by atoms with van der Waals surface area (Å²) in [6.07, 6.45) is 3.92. The van der Waals surface area contributed by atoms with Crippen molar-refractivity contribution in [3.8, 4) is 0 Å². The molecule has 1 aliphatic heterocycles. The van der Waals surface area contributed by atoms with Crippen molar-refractivity contribution >= 4 is 21.8 Å². The van der Waals surface area contributed by atoms with Gasteiger partial charge in [0.2, 0.25) is 21.8 Å². The van der Waals surface area contributed by atoms with Gasteiger partial charge in [-0.15, -0.1) is 0 Å². The van der Waals surface area contributed by atoms with Crippen molar-refractivity contribution < 1.29 is 18.0 Å². The van der Waals surface area contributed by atoms with Crippen LogP contribution in [0.15, 0.2) is 35.2 Å². The van der Waals surface area contributed by atoms with Crippen molar-refractivity contribution in [3.05, 3.63) is 30.3 Å². The molecule has 1 saturated heterocycles. The van der Waals surface area contributed by atoms with Crippen LogP contribution in [-0.4, -0.2) is 49.7 Å². The van der Waals surface area contributed by atoms with Crippen molar-refractivity contribution in [2.75, 3.05) is 13.1 Å². The highest BCUT2D eigenvalue weighted by Gasteiger charge is 2.37. The van der Waals surface area contributed by atoms with Crippen LogP contribution in [0.25, 0.3) is 0 Å². The summed E-state index contributed by atoms with van der Waals surface area (Å²) in [5.74, 6) is -0.644. The topological polar surface area (TPSA) is 95.6 Å². The molecule has 1 atom stereocenters. The summed E-state index contributed by atoms with van der Waals surface area (Å²) in [5, 5.41) is 5.38. The second-order valence-electron chi connectivity index (χ2n) is 6.50. The Kier molecular flexibility index (Phi) is 5.39. The van der Waals surface area contributed by atoms with E-state index in [0.717, 1.165) is 25.7 Å². The summed E-state index contributed by atoms with van der Waals surface area (Å²) in [4.78, 5) is 24.4. The summed E-state index contributed by atoms with van der Waals surface area (Å²) in [6.45, 7) is 0.189. The van der Waals surface area contributed by atoms with Crippen LogP contribution in [0.5, 0.6) is 0 Å².